The molecule has 1 N–H and O–H groups in total. The first kappa shape index (κ1) is 12.4. The lowest BCUT2D eigenvalue weighted by molar-refractivity contribution is 1.11. The summed E-state index contributed by atoms with van der Waals surface area (Å²) in [6.45, 7) is 0. The minimum Gasteiger partial charge on any atom is -0.277 e. The molecule has 3 heterocycles. The molecule has 0 spiro atoms. The van der Waals surface area contributed by atoms with E-state index >= 15 is 0 Å². The lowest BCUT2D eigenvalue weighted by Gasteiger charge is -2.05. The molecule has 0 radical (unpaired) electrons. The van der Waals surface area contributed by atoms with Crippen molar-refractivity contribution in [3.8, 4) is 0 Å². The molecule has 1 aromatic carbocycles. The van der Waals surface area contributed by atoms with Gasteiger partial charge in [-0.15, -0.1) is 10.2 Å². The molecule has 106 valence electrons. The number of benzene rings is 1. The van der Waals surface area contributed by atoms with Gasteiger partial charge in [0.2, 0.25) is 5.65 Å². The predicted octanol–water partition coefficient (Wildman–Crippen LogP) is 2.12. The number of hydrogen-bond acceptors (Lipinski definition) is 6. The van der Waals surface area contributed by atoms with E-state index in [2.05, 4.69) is 30.7 Å². The van der Waals surface area contributed by atoms with Gasteiger partial charge in [0.15, 0.2) is 5.82 Å². The van der Waals surface area contributed by atoms with Gasteiger partial charge in [0.1, 0.15) is 6.33 Å². The largest absolute Gasteiger partial charge is 0.277 e. The number of aromatic nitrogens is 5. The number of nitrogens with one attached hydrogen (secondary N) is 1. The highest BCUT2D eigenvalue weighted by Crippen LogP contribution is 2.19. The van der Waals surface area contributed by atoms with Gasteiger partial charge in [-0.1, -0.05) is 18.2 Å². The molecule has 7 heteroatoms. The second kappa shape index (κ2) is 5.21. The normalized spacial score (nSPS) is 11.5. The van der Waals surface area contributed by atoms with E-state index in [1.165, 1.54) is 0 Å². The molecule has 0 aliphatic heterocycles. The summed E-state index contributed by atoms with van der Waals surface area (Å²) in [5, 5.41) is 12.2. The van der Waals surface area contributed by atoms with E-state index in [-0.39, 0.29) is 0 Å². The SMILES string of the molecule is C(=N\Nc1nc2ccccc2n2cnnc12)/c1cccnc1. The van der Waals surface area contributed by atoms with Crippen LogP contribution in [0.15, 0.2) is 60.2 Å². The van der Waals surface area contributed by atoms with Crippen LogP contribution in [0.4, 0.5) is 5.82 Å². The Kier molecular flexibility index (Phi) is 2.93. The highest BCUT2D eigenvalue weighted by molar-refractivity contribution is 5.83. The number of hydrogen-bond donors (Lipinski definition) is 1. The van der Waals surface area contributed by atoms with Crippen LogP contribution >= 0.6 is 0 Å². The first-order valence-electron chi connectivity index (χ1n) is 6.69. The summed E-state index contributed by atoms with van der Waals surface area (Å²) in [5.41, 5.74) is 6.24. The van der Waals surface area contributed by atoms with Crippen LogP contribution in [0.5, 0.6) is 0 Å². The molecule has 4 aromatic rings. The Hall–Kier alpha value is -3.35. The van der Waals surface area contributed by atoms with Crippen molar-refractivity contribution in [2.45, 2.75) is 0 Å². The summed E-state index contributed by atoms with van der Waals surface area (Å²) in [4.78, 5) is 8.57. The zero-order valence-electron chi connectivity index (χ0n) is 11.5. The summed E-state index contributed by atoms with van der Waals surface area (Å²) < 4.78 is 1.88. The summed E-state index contributed by atoms with van der Waals surface area (Å²) >= 11 is 0. The van der Waals surface area contributed by atoms with Crippen molar-refractivity contribution in [2.75, 3.05) is 5.43 Å². The van der Waals surface area contributed by atoms with E-state index in [0.29, 0.717) is 11.5 Å². The van der Waals surface area contributed by atoms with E-state index in [0.717, 1.165) is 16.6 Å². The Morgan fingerprint density at radius 1 is 1.14 bits per heavy atom. The number of para-hydroxylation sites is 2. The molecule has 0 saturated carbocycles. The van der Waals surface area contributed by atoms with Crippen molar-refractivity contribution in [2.24, 2.45) is 5.10 Å². The van der Waals surface area contributed by atoms with Crippen LogP contribution in [-0.2, 0) is 0 Å². The molecule has 0 saturated heterocycles. The minimum atomic E-state index is 0.552. The first-order valence-corrected chi connectivity index (χ1v) is 6.69. The van der Waals surface area contributed by atoms with Crippen molar-refractivity contribution >= 4 is 28.7 Å². The fourth-order valence-electron chi connectivity index (χ4n) is 2.20. The molecule has 0 aliphatic carbocycles. The second-order valence-electron chi connectivity index (χ2n) is 4.63. The van der Waals surface area contributed by atoms with Crippen molar-refractivity contribution in [1.82, 2.24) is 24.6 Å². The smallest absolute Gasteiger partial charge is 0.205 e. The number of rotatable bonds is 3. The second-order valence-corrected chi connectivity index (χ2v) is 4.63. The molecule has 0 fully saturated rings. The van der Waals surface area contributed by atoms with E-state index in [1.54, 1.807) is 24.9 Å². The molecule has 7 nitrogen and oxygen atoms in total. The highest BCUT2D eigenvalue weighted by Gasteiger charge is 2.08. The summed E-state index contributed by atoms with van der Waals surface area (Å²) in [7, 11) is 0. The monoisotopic (exact) mass is 289 g/mol. The topological polar surface area (TPSA) is 80.4 Å². The average Bonchev–Trinajstić information content (AvgIpc) is 3.06. The third-order valence-electron chi connectivity index (χ3n) is 3.20. The zero-order valence-corrected chi connectivity index (χ0v) is 11.5. The molecular formula is C15H11N7. The van der Waals surface area contributed by atoms with E-state index in [9.17, 15) is 0 Å². The lowest BCUT2D eigenvalue weighted by atomic mass is 10.3. The highest BCUT2D eigenvalue weighted by atomic mass is 15.3. The van der Waals surface area contributed by atoms with Crippen LogP contribution in [0.2, 0.25) is 0 Å². The quantitative estimate of drug-likeness (QED) is 0.461. The van der Waals surface area contributed by atoms with Gasteiger partial charge in [-0.05, 0) is 18.2 Å². The average molecular weight is 289 g/mol. The van der Waals surface area contributed by atoms with Crippen LogP contribution in [0.25, 0.3) is 16.7 Å². The number of hydrazone groups is 1. The molecule has 0 atom stereocenters. The number of fused-ring (bicyclic) bond motifs is 3. The molecular weight excluding hydrogens is 278 g/mol. The molecule has 0 aliphatic rings. The maximum atomic E-state index is 4.54. The van der Waals surface area contributed by atoms with Gasteiger partial charge >= 0.3 is 0 Å². The van der Waals surface area contributed by atoms with Gasteiger partial charge in [-0.25, -0.2) is 4.98 Å². The molecule has 0 unspecified atom stereocenters. The zero-order chi connectivity index (χ0) is 14.8. The molecule has 4 rings (SSSR count). The summed E-state index contributed by atoms with van der Waals surface area (Å²) in [5.74, 6) is 0.552. The molecule has 22 heavy (non-hydrogen) atoms. The van der Waals surface area contributed by atoms with Gasteiger partial charge < -0.3 is 0 Å². The van der Waals surface area contributed by atoms with Crippen LogP contribution in [-0.4, -0.2) is 30.8 Å². The summed E-state index contributed by atoms with van der Waals surface area (Å²) in [6.07, 6.45) is 6.78. The Morgan fingerprint density at radius 3 is 3.00 bits per heavy atom. The Balaban J connectivity index is 1.74. The summed E-state index contributed by atoms with van der Waals surface area (Å²) in [6, 6.07) is 11.6. The fourth-order valence-corrected chi connectivity index (χ4v) is 2.20. The standard InChI is InChI=1S/C15H11N7/c1-2-6-13-12(5-1)19-14(15-21-18-10-22(13)15)20-17-9-11-4-3-7-16-8-11/h1-10H,(H,19,20)/b17-9+. The lowest BCUT2D eigenvalue weighted by Crippen LogP contribution is -1.99. The third kappa shape index (κ3) is 2.14. The van der Waals surface area contributed by atoms with Crippen LogP contribution in [0, 0.1) is 0 Å². The Labute approximate surface area is 125 Å². The predicted molar refractivity (Wildman–Crippen MR) is 83.7 cm³/mol. The van der Waals surface area contributed by atoms with Crippen LogP contribution in [0.3, 0.4) is 0 Å². The maximum Gasteiger partial charge on any atom is 0.205 e. The minimum absolute atomic E-state index is 0.552. The van der Waals surface area contributed by atoms with Gasteiger partial charge in [-0.2, -0.15) is 5.10 Å². The molecule has 0 bridgehead atoms. The van der Waals surface area contributed by atoms with Crippen molar-refractivity contribution < 1.29 is 0 Å². The Morgan fingerprint density at radius 2 is 2.09 bits per heavy atom. The van der Waals surface area contributed by atoms with E-state index < -0.39 is 0 Å². The number of pyridine rings is 1. The van der Waals surface area contributed by atoms with Crippen molar-refractivity contribution in [3.63, 3.8) is 0 Å². The van der Waals surface area contributed by atoms with Crippen molar-refractivity contribution in [3.05, 3.63) is 60.7 Å². The third-order valence-corrected chi connectivity index (χ3v) is 3.20. The maximum absolute atomic E-state index is 4.54. The van der Waals surface area contributed by atoms with Gasteiger partial charge in [0.05, 0.1) is 17.2 Å². The van der Waals surface area contributed by atoms with Crippen LogP contribution in [0.1, 0.15) is 5.56 Å². The molecule has 0 amide bonds. The Bertz CT molecular complexity index is 959. The molecule has 3 aromatic heterocycles. The van der Waals surface area contributed by atoms with Crippen molar-refractivity contribution in [1.29, 1.82) is 0 Å². The van der Waals surface area contributed by atoms with Gasteiger partial charge in [0, 0.05) is 18.0 Å². The number of nitrogens with zero attached hydrogens (tertiary/aromatic N) is 6. The van der Waals surface area contributed by atoms with E-state index in [1.807, 2.05) is 40.8 Å². The van der Waals surface area contributed by atoms with E-state index in [4.69, 9.17) is 0 Å². The van der Waals surface area contributed by atoms with Crippen LogP contribution < -0.4 is 5.43 Å². The van der Waals surface area contributed by atoms with Gasteiger partial charge in [-0.3, -0.25) is 14.8 Å². The fraction of sp³-hybridized carbons (Fsp3) is 0. The first-order chi connectivity index (χ1) is 10.9. The number of anilines is 1. The van der Waals surface area contributed by atoms with Gasteiger partial charge in [0.25, 0.3) is 0 Å².